The van der Waals surface area contributed by atoms with Gasteiger partial charge in [-0.05, 0) is 43.5 Å². The second kappa shape index (κ2) is 5.65. The average molecular weight is 300 g/mol. The molecule has 1 unspecified atom stereocenters. The molecule has 0 bridgehead atoms. The molecule has 0 saturated carbocycles. The molecule has 0 aliphatic rings. The van der Waals surface area contributed by atoms with E-state index in [9.17, 15) is 4.79 Å². The molecule has 0 aliphatic carbocycles. The molecule has 0 aliphatic heterocycles. The fraction of sp³-hybridized carbons (Fsp3) is 0.267. The van der Waals surface area contributed by atoms with Crippen molar-refractivity contribution in [2.24, 2.45) is 0 Å². The van der Waals surface area contributed by atoms with Crippen molar-refractivity contribution in [2.45, 2.75) is 26.4 Å². The number of fused-ring (bicyclic) bond motifs is 1. The van der Waals surface area contributed by atoms with Crippen LogP contribution in [-0.2, 0) is 6.54 Å². The minimum absolute atomic E-state index is 0.000443. The van der Waals surface area contributed by atoms with Gasteiger partial charge in [-0.15, -0.1) is 16.4 Å². The number of benzene rings is 1. The molecule has 0 fully saturated rings. The highest BCUT2D eigenvalue weighted by Gasteiger charge is 2.13. The van der Waals surface area contributed by atoms with E-state index in [2.05, 4.69) is 15.6 Å². The largest absolute Gasteiger partial charge is 0.345 e. The Morgan fingerprint density at radius 2 is 2.29 bits per heavy atom. The standard InChI is InChI=1S/C15H16N4OS/c1-3-19-13-7-6-11(9-12(13)17-18-19)15(20)16-10(2)14-5-4-8-21-14/h4-10H,3H2,1-2H3,(H,16,20). The number of hydrogen-bond donors (Lipinski definition) is 1. The first-order valence-electron chi connectivity index (χ1n) is 6.86. The maximum Gasteiger partial charge on any atom is 0.251 e. The Morgan fingerprint density at radius 1 is 1.43 bits per heavy atom. The highest BCUT2D eigenvalue weighted by Crippen LogP contribution is 2.19. The number of nitrogens with one attached hydrogen (secondary N) is 1. The smallest absolute Gasteiger partial charge is 0.251 e. The van der Waals surface area contributed by atoms with Crippen molar-refractivity contribution < 1.29 is 4.79 Å². The predicted molar refractivity (Wildman–Crippen MR) is 83.4 cm³/mol. The van der Waals surface area contributed by atoms with E-state index in [0.717, 1.165) is 22.5 Å². The summed E-state index contributed by atoms with van der Waals surface area (Å²) in [6.45, 7) is 4.75. The third-order valence-electron chi connectivity index (χ3n) is 3.39. The van der Waals surface area contributed by atoms with Crippen molar-refractivity contribution in [3.05, 3.63) is 46.2 Å². The molecule has 1 atom stereocenters. The van der Waals surface area contributed by atoms with Crippen molar-refractivity contribution in [2.75, 3.05) is 0 Å². The predicted octanol–water partition coefficient (Wildman–Crippen LogP) is 3.00. The molecule has 5 nitrogen and oxygen atoms in total. The Labute approximate surface area is 126 Å². The van der Waals surface area contributed by atoms with E-state index < -0.39 is 0 Å². The zero-order chi connectivity index (χ0) is 14.8. The van der Waals surface area contributed by atoms with E-state index in [0.29, 0.717) is 5.56 Å². The number of carbonyl (C=O) groups is 1. The summed E-state index contributed by atoms with van der Waals surface area (Å²) in [5, 5.41) is 13.2. The van der Waals surface area contributed by atoms with Gasteiger partial charge in [-0.25, -0.2) is 4.68 Å². The number of aromatic nitrogens is 3. The van der Waals surface area contributed by atoms with Crippen LogP contribution in [0.25, 0.3) is 11.0 Å². The van der Waals surface area contributed by atoms with Crippen LogP contribution in [0.15, 0.2) is 35.7 Å². The molecule has 108 valence electrons. The van der Waals surface area contributed by atoms with Gasteiger partial charge in [0.05, 0.1) is 11.6 Å². The summed E-state index contributed by atoms with van der Waals surface area (Å²) in [6, 6.07) is 9.49. The second-order valence-corrected chi connectivity index (χ2v) is 5.80. The summed E-state index contributed by atoms with van der Waals surface area (Å²) >= 11 is 1.64. The first-order chi connectivity index (χ1) is 10.2. The number of rotatable bonds is 4. The number of carbonyl (C=O) groups excluding carboxylic acids is 1. The van der Waals surface area contributed by atoms with Gasteiger partial charge in [-0.1, -0.05) is 11.3 Å². The molecule has 1 aromatic carbocycles. The Balaban J connectivity index is 1.81. The van der Waals surface area contributed by atoms with Gasteiger partial charge in [0.25, 0.3) is 5.91 Å². The lowest BCUT2D eigenvalue weighted by atomic mass is 10.1. The van der Waals surface area contributed by atoms with Crippen LogP contribution < -0.4 is 5.32 Å². The van der Waals surface area contributed by atoms with Gasteiger partial charge in [-0.3, -0.25) is 4.79 Å². The van der Waals surface area contributed by atoms with E-state index >= 15 is 0 Å². The molecule has 3 aromatic rings. The van der Waals surface area contributed by atoms with E-state index in [1.807, 2.05) is 48.2 Å². The summed E-state index contributed by atoms with van der Waals surface area (Å²) in [5.41, 5.74) is 2.29. The van der Waals surface area contributed by atoms with Crippen LogP contribution in [-0.4, -0.2) is 20.9 Å². The summed E-state index contributed by atoms with van der Waals surface area (Å²) in [5.74, 6) is -0.0937. The van der Waals surface area contributed by atoms with Crippen molar-refractivity contribution in [1.82, 2.24) is 20.3 Å². The Bertz CT molecular complexity index is 763. The zero-order valence-electron chi connectivity index (χ0n) is 11.9. The normalized spacial score (nSPS) is 12.5. The molecule has 0 saturated heterocycles. The highest BCUT2D eigenvalue weighted by molar-refractivity contribution is 7.10. The quantitative estimate of drug-likeness (QED) is 0.805. The van der Waals surface area contributed by atoms with Crippen LogP contribution in [0, 0.1) is 0 Å². The number of thiophene rings is 1. The second-order valence-electron chi connectivity index (χ2n) is 4.82. The SMILES string of the molecule is CCn1nnc2cc(C(=O)NC(C)c3cccs3)ccc21. The lowest BCUT2D eigenvalue weighted by molar-refractivity contribution is 0.0940. The Morgan fingerprint density at radius 3 is 3.00 bits per heavy atom. The molecule has 21 heavy (non-hydrogen) atoms. The van der Waals surface area contributed by atoms with E-state index in [4.69, 9.17) is 0 Å². The van der Waals surface area contributed by atoms with Crippen LogP contribution in [0.1, 0.15) is 35.1 Å². The minimum Gasteiger partial charge on any atom is -0.345 e. The summed E-state index contributed by atoms with van der Waals surface area (Å²) in [7, 11) is 0. The van der Waals surface area contributed by atoms with Gasteiger partial charge in [0.1, 0.15) is 5.52 Å². The maximum absolute atomic E-state index is 12.3. The number of hydrogen-bond acceptors (Lipinski definition) is 4. The summed E-state index contributed by atoms with van der Waals surface area (Å²) in [6.07, 6.45) is 0. The van der Waals surface area contributed by atoms with Gasteiger partial charge in [-0.2, -0.15) is 0 Å². The average Bonchev–Trinajstić information content (AvgIpc) is 3.15. The van der Waals surface area contributed by atoms with Gasteiger partial charge >= 0.3 is 0 Å². The van der Waals surface area contributed by atoms with Crippen LogP contribution in [0.4, 0.5) is 0 Å². The highest BCUT2D eigenvalue weighted by atomic mass is 32.1. The molecular weight excluding hydrogens is 284 g/mol. The number of amides is 1. The molecule has 0 radical (unpaired) electrons. The first-order valence-corrected chi connectivity index (χ1v) is 7.74. The monoisotopic (exact) mass is 300 g/mol. The lowest BCUT2D eigenvalue weighted by Crippen LogP contribution is -2.26. The van der Waals surface area contributed by atoms with Crippen molar-refractivity contribution in [3.8, 4) is 0 Å². The number of aryl methyl sites for hydroxylation is 1. The van der Waals surface area contributed by atoms with Gasteiger partial charge in [0.15, 0.2) is 0 Å². The Kier molecular flexibility index (Phi) is 3.70. The van der Waals surface area contributed by atoms with Crippen molar-refractivity contribution in [3.63, 3.8) is 0 Å². The van der Waals surface area contributed by atoms with Crippen LogP contribution in [0.5, 0.6) is 0 Å². The first kappa shape index (κ1) is 13.8. The molecule has 6 heteroatoms. The van der Waals surface area contributed by atoms with Crippen molar-refractivity contribution >= 4 is 28.3 Å². The minimum atomic E-state index is -0.0937. The third-order valence-corrected chi connectivity index (χ3v) is 4.45. The van der Waals surface area contributed by atoms with Gasteiger partial charge in [0.2, 0.25) is 0 Å². The number of nitrogens with zero attached hydrogens (tertiary/aromatic N) is 3. The van der Waals surface area contributed by atoms with Gasteiger partial charge < -0.3 is 5.32 Å². The van der Waals surface area contributed by atoms with Crippen LogP contribution >= 0.6 is 11.3 Å². The van der Waals surface area contributed by atoms with Gasteiger partial charge in [0, 0.05) is 17.0 Å². The van der Waals surface area contributed by atoms with Crippen LogP contribution in [0.2, 0.25) is 0 Å². The molecule has 1 amide bonds. The molecule has 3 rings (SSSR count). The lowest BCUT2D eigenvalue weighted by Gasteiger charge is -2.12. The summed E-state index contributed by atoms with van der Waals surface area (Å²) < 4.78 is 1.81. The van der Waals surface area contributed by atoms with Crippen LogP contribution in [0.3, 0.4) is 0 Å². The molecular formula is C15H16N4OS. The summed E-state index contributed by atoms with van der Waals surface area (Å²) in [4.78, 5) is 13.4. The molecule has 1 N–H and O–H groups in total. The third kappa shape index (κ3) is 2.67. The van der Waals surface area contributed by atoms with Crippen molar-refractivity contribution in [1.29, 1.82) is 0 Å². The molecule has 0 spiro atoms. The Hall–Kier alpha value is -2.21. The topological polar surface area (TPSA) is 59.8 Å². The van der Waals surface area contributed by atoms with E-state index in [1.165, 1.54) is 0 Å². The molecule has 2 heterocycles. The fourth-order valence-corrected chi connectivity index (χ4v) is 2.97. The van der Waals surface area contributed by atoms with E-state index in [1.54, 1.807) is 17.4 Å². The zero-order valence-corrected chi connectivity index (χ0v) is 12.7. The molecule has 2 aromatic heterocycles. The maximum atomic E-state index is 12.3. The fourth-order valence-electron chi connectivity index (χ4n) is 2.24. The van der Waals surface area contributed by atoms with E-state index in [-0.39, 0.29) is 11.9 Å².